The fourth-order valence-electron chi connectivity index (χ4n) is 2.54. The predicted octanol–water partition coefficient (Wildman–Crippen LogP) is -1.49. The fraction of sp³-hybridized carbons (Fsp3) is 0.176. The molecule has 0 fully saturated rings. The second-order valence-corrected chi connectivity index (χ2v) is 5.26. The summed E-state index contributed by atoms with van der Waals surface area (Å²) in [4.78, 5) is 21.8. The van der Waals surface area contributed by atoms with Gasteiger partial charge in [-0.15, -0.1) is 5.10 Å². The van der Waals surface area contributed by atoms with Crippen molar-refractivity contribution in [3.8, 4) is 5.88 Å². The van der Waals surface area contributed by atoms with Crippen molar-refractivity contribution in [2.75, 3.05) is 11.4 Å². The molecule has 0 bridgehead atoms. The van der Waals surface area contributed by atoms with E-state index < -0.39 is 0 Å². The Bertz CT molecular complexity index is 860. The van der Waals surface area contributed by atoms with Crippen molar-refractivity contribution in [1.82, 2.24) is 19.7 Å². The van der Waals surface area contributed by atoms with Crippen LogP contribution < -0.4 is 67.8 Å². The van der Waals surface area contributed by atoms with Crippen molar-refractivity contribution < 1.29 is 88.1 Å². The molecule has 1 radical (unpaired) electrons. The van der Waals surface area contributed by atoms with Crippen LogP contribution >= 0.6 is 0 Å². The summed E-state index contributed by atoms with van der Waals surface area (Å²) >= 11 is 0. The number of anilines is 1. The van der Waals surface area contributed by atoms with E-state index in [0.29, 0.717) is 37.1 Å². The van der Waals surface area contributed by atoms with E-state index in [4.69, 9.17) is 4.74 Å². The number of amides is 1. The average Bonchev–Trinajstić information content (AvgIpc) is 3.06. The number of nitrogens with zero attached hydrogens (tertiary/aromatic N) is 5. The van der Waals surface area contributed by atoms with Crippen molar-refractivity contribution in [3.05, 3.63) is 66.2 Å². The zero-order chi connectivity index (χ0) is 16.4. The van der Waals surface area contributed by atoms with Gasteiger partial charge in [-0.25, -0.2) is 0 Å². The molecule has 2 aromatic heterocycles. The minimum atomic E-state index is -0.188. The molecule has 0 saturated heterocycles. The Morgan fingerprint density at radius 2 is 2.00 bits per heavy atom. The van der Waals surface area contributed by atoms with Crippen molar-refractivity contribution in [2.24, 2.45) is 0 Å². The summed E-state index contributed by atoms with van der Waals surface area (Å²) in [7, 11) is 0. The molecule has 0 N–H and O–H groups in total. The third kappa shape index (κ3) is 4.74. The number of carbonyl (C=O) groups is 1. The molecular weight excluding hydrogens is 578 g/mol. The van der Waals surface area contributed by atoms with Gasteiger partial charge in [0.2, 0.25) is 5.88 Å². The van der Waals surface area contributed by atoms with Crippen molar-refractivity contribution in [3.63, 3.8) is 0 Å². The molecule has 0 spiro atoms. The summed E-state index contributed by atoms with van der Waals surface area (Å²) in [6.45, 7) is 1.43. The maximum absolute atomic E-state index is 12.6. The van der Waals surface area contributed by atoms with Crippen LogP contribution in [0.1, 0.15) is 16.1 Å². The SMILES string of the molecule is O=C1c2cc(OCc3ccccc3)nn2CCN1c1[c-]cn[c-]n1.[Rb+].[Re]. The van der Waals surface area contributed by atoms with Gasteiger partial charge in [0.1, 0.15) is 12.3 Å². The molecule has 26 heavy (non-hydrogen) atoms. The monoisotopic (exact) mass is 591 g/mol. The van der Waals surface area contributed by atoms with Gasteiger partial charge in [0.05, 0.1) is 6.54 Å². The average molecular weight is 591 g/mol. The summed E-state index contributed by atoms with van der Waals surface area (Å²) in [5.41, 5.74) is 1.51. The van der Waals surface area contributed by atoms with Gasteiger partial charge in [-0.3, -0.25) is 15.7 Å². The van der Waals surface area contributed by atoms with Crippen LogP contribution in [0, 0.1) is 12.4 Å². The number of aromatic nitrogens is 4. The molecule has 0 atom stereocenters. The molecule has 9 heteroatoms. The normalized spacial score (nSPS) is 12.6. The van der Waals surface area contributed by atoms with Crippen LogP contribution in [-0.2, 0) is 33.6 Å². The van der Waals surface area contributed by atoms with Crippen LogP contribution in [0.25, 0.3) is 0 Å². The first-order chi connectivity index (χ1) is 11.8. The van der Waals surface area contributed by atoms with Crippen molar-refractivity contribution in [2.45, 2.75) is 13.2 Å². The van der Waals surface area contributed by atoms with Crippen LogP contribution in [0.3, 0.4) is 0 Å². The third-order valence-electron chi connectivity index (χ3n) is 3.71. The molecule has 0 aliphatic carbocycles. The zero-order valence-corrected chi connectivity index (χ0v) is 21.7. The van der Waals surface area contributed by atoms with E-state index in [-0.39, 0.29) is 84.5 Å². The van der Waals surface area contributed by atoms with Gasteiger partial charge in [0, 0.05) is 39.4 Å². The largest absolute Gasteiger partial charge is 1.00 e. The second-order valence-electron chi connectivity index (χ2n) is 5.26. The Hall–Kier alpha value is -0.752. The number of carbonyl (C=O) groups excluding carboxylic acids is 1. The maximum Gasteiger partial charge on any atom is 1.00 e. The van der Waals surface area contributed by atoms with E-state index in [1.807, 2.05) is 30.3 Å². The van der Waals surface area contributed by atoms with Gasteiger partial charge in [0.25, 0.3) is 5.91 Å². The maximum atomic E-state index is 12.6. The Labute approximate surface area is 213 Å². The molecule has 127 valence electrons. The molecule has 0 saturated carbocycles. The minimum Gasteiger partial charge on any atom is -0.552 e. The molecule has 7 nitrogen and oxygen atoms in total. The molecule has 3 heterocycles. The smallest absolute Gasteiger partial charge is 0.552 e. The summed E-state index contributed by atoms with van der Waals surface area (Å²) in [5, 5.41) is 4.34. The van der Waals surface area contributed by atoms with Gasteiger partial charge in [-0.05, 0) is 5.56 Å². The molecule has 1 amide bonds. The van der Waals surface area contributed by atoms with Crippen molar-refractivity contribution >= 4 is 11.7 Å². The standard InChI is InChI=1S/C17H13N5O2.Rb.Re/c23-17-14-10-16(24-11-13-4-2-1-3-5-13)20-22(14)9-8-21(17)15-6-7-18-12-19-15;;/h1-5,7,10H,8-9,11H2;;/q-2;+1;. The van der Waals surface area contributed by atoms with Crippen LogP contribution in [-0.4, -0.2) is 32.2 Å². The summed E-state index contributed by atoms with van der Waals surface area (Å²) < 4.78 is 7.35. The molecule has 1 aromatic carbocycles. The van der Waals surface area contributed by atoms with Gasteiger partial charge in [-0.1, -0.05) is 30.3 Å². The number of fused-ring (bicyclic) bond motifs is 1. The fourth-order valence-corrected chi connectivity index (χ4v) is 2.54. The summed E-state index contributed by atoms with van der Waals surface area (Å²) in [6, 6.07) is 14.3. The number of hydrogen-bond donors (Lipinski definition) is 0. The van der Waals surface area contributed by atoms with Crippen LogP contribution in [0.4, 0.5) is 5.82 Å². The van der Waals surface area contributed by atoms with Crippen molar-refractivity contribution in [1.29, 1.82) is 0 Å². The Kier molecular flexibility index (Phi) is 8.27. The first kappa shape index (κ1) is 21.5. The minimum absolute atomic E-state index is 0. The van der Waals surface area contributed by atoms with E-state index in [1.165, 1.54) is 11.1 Å². The van der Waals surface area contributed by atoms with E-state index in [1.54, 1.807) is 10.7 Å². The van der Waals surface area contributed by atoms with Gasteiger partial charge in [-0.2, -0.15) is 5.82 Å². The number of hydrogen-bond acceptors (Lipinski definition) is 5. The van der Waals surface area contributed by atoms with Crippen LogP contribution in [0.2, 0.25) is 0 Å². The van der Waals surface area contributed by atoms with E-state index in [0.717, 1.165) is 5.56 Å². The molecule has 4 rings (SSSR count). The predicted molar refractivity (Wildman–Crippen MR) is 84.4 cm³/mol. The number of benzene rings is 1. The molecule has 1 aliphatic rings. The topological polar surface area (TPSA) is 73.1 Å². The molecule has 0 unspecified atom stereocenters. The Morgan fingerprint density at radius 1 is 1.19 bits per heavy atom. The Balaban J connectivity index is 0.00000121. The van der Waals surface area contributed by atoms with E-state index in [2.05, 4.69) is 27.5 Å². The van der Waals surface area contributed by atoms with Gasteiger partial charge in [0.15, 0.2) is 0 Å². The molecule has 3 aromatic rings. The third-order valence-corrected chi connectivity index (χ3v) is 3.71. The van der Waals surface area contributed by atoms with E-state index in [9.17, 15) is 4.79 Å². The van der Waals surface area contributed by atoms with Gasteiger partial charge >= 0.3 is 58.2 Å². The second kappa shape index (κ2) is 9.97. The van der Waals surface area contributed by atoms with Crippen LogP contribution in [0.5, 0.6) is 5.88 Å². The zero-order valence-electron chi connectivity index (χ0n) is 14.1. The first-order valence-electron chi connectivity index (χ1n) is 7.48. The van der Waals surface area contributed by atoms with E-state index >= 15 is 0 Å². The Morgan fingerprint density at radius 3 is 2.73 bits per heavy atom. The molecule has 1 aliphatic heterocycles. The van der Waals surface area contributed by atoms with Gasteiger partial charge < -0.3 is 25.7 Å². The summed E-state index contributed by atoms with van der Waals surface area (Å²) in [5.74, 6) is 0.656. The van der Waals surface area contributed by atoms with Crippen LogP contribution in [0.15, 0.2) is 42.6 Å². The number of rotatable bonds is 4. The molecular formula is C17H13N5O2RbRe-. The quantitative estimate of drug-likeness (QED) is 0.347. The summed E-state index contributed by atoms with van der Waals surface area (Å²) in [6.07, 6.45) is 3.91. The first-order valence-corrected chi connectivity index (χ1v) is 7.48. The number of ether oxygens (including phenoxy) is 1.